The molecule has 0 aliphatic rings. The summed E-state index contributed by atoms with van der Waals surface area (Å²) in [5.41, 5.74) is 4.14. The summed E-state index contributed by atoms with van der Waals surface area (Å²) in [6.45, 7) is 3.77. The van der Waals surface area contributed by atoms with Crippen LogP contribution in [0.15, 0.2) is 59.8 Å². The van der Waals surface area contributed by atoms with E-state index in [0.29, 0.717) is 27.9 Å². The van der Waals surface area contributed by atoms with E-state index in [-0.39, 0.29) is 18.2 Å². The third-order valence-electron chi connectivity index (χ3n) is 4.99. The Morgan fingerprint density at radius 3 is 2.41 bits per heavy atom. The first-order chi connectivity index (χ1) is 15.4. The lowest BCUT2D eigenvalue weighted by Gasteiger charge is -2.12. The minimum Gasteiger partial charge on any atom is -0.326 e. The smallest absolute Gasteiger partial charge is 0.255 e. The van der Waals surface area contributed by atoms with E-state index >= 15 is 0 Å². The van der Waals surface area contributed by atoms with Gasteiger partial charge in [0.05, 0.1) is 6.42 Å². The normalized spacial score (nSPS) is 10.8. The van der Waals surface area contributed by atoms with Crippen molar-refractivity contribution >= 4 is 40.7 Å². The van der Waals surface area contributed by atoms with Crippen LogP contribution in [0.2, 0.25) is 0 Å². The summed E-state index contributed by atoms with van der Waals surface area (Å²) in [5, 5.41) is 10.8. The van der Waals surface area contributed by atoms with Gasteiger partial charge in [-0.25, -0.2) is 9.50 Å². The topological polar surface area (TPSA) is 101 Å². The minimum absolute atomic E-state index is 0.148. The molecule has 162 valence electrons. The molecule has 0 fully saturated rings. The Hall–Kier alpha value is -3.72. The number of hydrogen-bond donors (Lipinski definition) is 2. The molecule has 4 rings (SSSR count). The maximum Gasteiger partial charge on any atom is 0.255 e. The molecule has 0 saturated carbocycles. The van der Waals surface area contributed by atoms with Crippen molar-refractivity contribution in [3.05, 3.63) is 77.1 Å². The summed E-state index contributed by atoms with van der Waals surface area (Å²) in [5.74, 6) is 0.126. The molecule has 2 aromatic heterocycles. The third kappa shape index (κ3) is 4.62. The highest BCUT2D eigenvalue weighted by Gasteiger charge is 2.16. The first kappa shape index (κ1) is 21.5. The van der Waals surface area contributed by atoms with E-state index in [1.807, 2.05) is 38.3 Å². The molecule has 32 heavy (non-hydrogen) atoms. The fourth-order valence-electron chi connectivity index (χ4n) is 3.37. The number of carbonyl (C=O) groups is 2. The third-order valence-corrected chi connectivity index (χ3v) is 5.53. The van der Waals surface area contributed by atoms with Gasteiger partial charge in [-0.15, -0.1) is 5.10 Å². The van der Waals surface area contributed by atoms with Crippen LogP contribution in [-0.4, -0.2) is 37.7 Å². The van der Waals surface area contributed by atoms with Crippen molar-refractivity contribution in [1.29, 1.82) is 0 Å². The molecular weight excluding hydrogens is 424 g/mol. The summed E-state index contributed by atoms with van der Waals surface area (Å²) in [7, 11) is 0. The molecule has 0 atom stereocenters. The van der Waals surface area contributed by atoms with E-state index in [1.54, 1.807) is 40.9 Å². The van der Waals surface area contributed by atoms with Gasteiger partial charge in [0, 0.05) is 33.9 Å². The molecular formula is C23H22N6O2S. The summed E-state index contributed by atoms with van der Waals surface area (Å²) in [6.07, 6.45) is 2.05. The fraction of sp³-hybridized carbons (Fsp3) is 0.174. The molecule has 0 unspecified atom stereocenters. The van der Waals surface area contributed by atoms with E-state index in [9.17, 15) is 9.59 Å². The van der Waals surface area contributed by atoms with Crippen molar-refractivity contribution in [3.63, 3.8) is 0 Å². The largest absolute Gasteiger partial charge is 0.326 e. The van der Waals surface area contributed by atoms with Crippen LogP contribution in [0.3, 0.4) is 0 Å². The fourth-order valence-corrected chi connectivity index (χ4v) is 3.70. The number of nitrogens with one attached hydrogen (secondary N) is 2. The van der Waals surface area contributed by atoms with Gasteiger partial charge in [-0.2, -0.15) is 4.98 Å². The maximum absolute atomic E-state index is 12.8. The molecule has 0 radical (unpaired) electrons. The van der Waals surface area contributed by atoms with Crippen molar-refractivity contribution in [2.24, 2.45) is 0 Å². The number of nitrogens with zero attached hydrogens (tertiary/aromatic N) is 4. The standard InChI is InChI=1S/C23H22N6O2S/c1-14-19(15(2)29-22(24-14)27-23(28-29)32-3)13-20(30)25-17-10-7-11-18(12-17)26-21(31)16-8-5-4-6-9-16/h4-12H,13H2,1-3H3,(H,25,30)(H,26,31). The number of benzene rings is 2. The lowest BCUT2D eigenvalue weighted by atomic mass is 10.1. The molecule has 0 spiro atoms. The second-order valence-electron chi connectivity index (χ2n) is 7.20. The van der Waals surface area contributed by atoms with Crippen LogP contribution in [0.5, 0.6) is 0 Å². The highest BCUT2D eigenvalue weighted by Crippen LogP contribution is 2.19. The zero-order chi connectivity index (χ0) is 22.7. The monoisotopic (exact) mass is 446 g/mol. The van der Waals surface area contributed by atoms with Crippen LogP contribution in [0.1, 0.15) is 27.3 Å². The SMILES string of the molecule is CSc1nc2nc(C)c(CC(=O)Nc3cccc(NC(=O)c4ccccc4)c3)c(C)n2n1. The van der Waals surface area contributed by atoms with Crippen molar-refractivity contribution in [1.82, 2.24) is 19.6 Å². The molecule has 2 heterocycles. The molecule has 0 saturated heterocycles. The van der Waals surface area contributed by atoms with E-state index in [0.717, 1.165) is 17.0 Å². The van der Waals surface area contributed by atoms with Gasteiger partial charge in [0.15, 0.2) is 0 Å². The molecule has 0 aliphatic carbocycles. The van der Waals surface area contributed by atoms with Crippen molar-refractivity contribution in [2.75, 3.05) is 16.9 Å². The van der Waals surface area contributed by atoms with E-state index < -0.39 is 0 Å². The second-order valence-corrected chi connectivity index (χ2v) is 7.97. The average Bonchev–Trinajstić information content (AvgIpc) is 3.21. The Morgan fingerprint density at radius 1 is 0.969 bits per heavy atom. The molecule has 2 aromatic carbocycles. The van der Waals surface area contributed by atoms with Gasteiger partial charge in [-0.1, -0.05) is 36.0 Å². The van der Waals surface area contributed by atoms with Gasteiger partial charge < -0.3 is 10.6 Å². The maximum atomic E-state index is 12.8. The van der Waals surface area contributed by atoms with Crippen LogP contribution in [0.4, 0.5) is 11.4 Å². The van der Waals surface area contributed by atoms with Crippen LogP contribution < -0.4 is 10.6 Å². The highest BCUT2D eigenvalue weighted by atomic mass is 32.2. The van der Waals surface area contributed by atoms with Gasteiger partial charge in [-0.3, -0.25) is 9.59 Å². The van der Waals surface area contributed by atoms with E-state index in [1.165, 1.54) is 11.8 Å². The number of rotatable bonds is 6. The van der Waals surface area contributed by atoms with Gasteiger partial charge in [0.1, 0.15) is 0 Å². The summed E-state index contributed by atoms with van der Waals surface area (Å²) >= 11 is 1.44. The Bertz CT molecular complexity index is 1300. The molecule has 2 N–H and O–H groups in total. The van der Waals surface area contributed by atoms with E-state index in [4.69, 9.17) is 0 Å². The number of aromatic nitrogens is 4. The lowest BCUT2D eigenvalue weighted by molar-refractivity contribution is -0.115. The first-order valence-electron chi connectivity index (χ1n) is 9.98. The Balaban J connectivity index is 1.48. The van der Waals surface area contributed by atoms with Crippen LogP contribution in [0.25, 0.3) is 5.78 Å². The van der Waals surface area contributed by atoms with Crippen molar-refractivity contribution < 1.29 is 9.59 Å². The Labute approximate surface area is 189 Å². The number of carbonyl (C=O) groups excluding carboxylic acids is 2. The van der Waals surface area contributed by atoms with Gasteiger partial charge in [0.2, 0.25) is 11.1 Å². The number of fused-ring (bicyclic) bond motifs is 1. The summed E-state index contributed by atoms with van der Waals surface area (Å²) in [4.78, 5) is 34.0. The van der Waals surface area contributed by atoms with Gasteiger partial charge >= 0.3 is 0 Å². The van der Waals surface area contributed by atoms with Crippen LogP contribution in [-0.2, 0) is 11.2 Å². The summed E-state index contributed by atoms with van der Waals surface area (Å²) < 4.78 is 1.67. The second kappa shape index (κ2) is 9.19. The first-order valence-corrected chi connectivity index (χ1v) is 11.2. The highest BCUT2D eigenvalue weighted by molar-refractivity contribution is 7.98. The molecule has 0 bridgehead atoms. The number of aryl methyl sites for hydroxylation is 2. The minimum atomic E-state index is -0.211. The van der Waals surface area contributed by atoms with Crippen LogP contribution in [0, 0.1) is 13.8 Å². The number of hydrogen-bond acceptors (Lipinski definition) is 6. The van der Waals surface area contributed by atoms with E-state index in [2.05, 4.69) is 25.7 Å². The lowest BCUT2D eigenvalue weighted by Crippen LogP contribution is -2.18. The number of amides is 2. The molecule has 9 heteroatoms. The molecule has 0 aliphatic heterocycles. The summed E-state index contributed by atoms with van der Waals surface area (Å²) in [6, 6.07) is 16.0. The van der Waals surface area contributed by atoms with Crippen molar-refractivity contribution in [2.45, 2.75) is 25.4 Å². The average molecular weight is 447 g/mol. The molecule has 2 amide bonds. The van der Waals surface area contributed by atoms with Crippen LogP contribution >= 0.6 is 11.8 Å². The predicted molar refractivity (Wildman–Crippen MR) is 125 cm³/mol. The van der Waals surface area contributed by atoms with Gasteiger partial charge in [-0.05, 0) is 50.4 Å². The zero-order valence-electron chi connectivity index (χ0n) is 17.9. The number of thioether (sulfide) groups is 1. The molecule has 8 nitrogen and oxygen atoms in total. The van der Waals surface area contributed by atoms with Crippen molar-refractivity contribution in [3.8, 4) is 0 Å². The number of anilines is 2. The Morgan fingerprint density at radius 2 is 1.69 bits per heavy atom. The predicted octanol–water partition coefficient (Wildman–Crippen LogP) is 3.90. The molecule has 4 aromatic rings. The quantitative estimate of drug-likeness (QED) is 0.436. The zero-order valence-corrected chi connectivity index (χ0v) is 18.7. The van der Waals surface area contributed by atoms with Gasteiger partial charge in [0.25, 0.3) is 11.7 Å². The Kier molecular flexibility index (Phi) is 6.18.